The Morgan fingerprint density at radius 3 is 2.68 bits per heavy atom. The normalized spacial score (nSPS) is 26.7. The van der Waals surface area contributed by atoms with Crippen molar-refractivity contribution in [2.24, 2.45) is 5.92 Å². The molecule has 2 rings (SSSR count). The summed E-state index contributed by atoms with van der Waals surface area (Å²) in [6, 6.07) is 1.65. The molecule has 1 saturated carbocycles. The largest absolute Gasteiger partial charge is 0.469 e. The second-order valence-electron chi connectivity index (χ2n) is 4.59. The molecule has 1 aliphatic rings. The van der Waals surface area contributed by atoms with Gasteiger partial charge in [-0.15, -0.1) is 0 Å². The Bertz CT molecular complexity index is 495. The number of carbonyl (C=O) groups excluding carboxylic acids is 1. The zero-order valence-corrected chi connectivity index (χ0v) is 10.1. The van der Waals surface area contributed by atoms with Gasteiger partial charge in [-0.3, -0.25) is 9.78 Å². The number of alkyl halides is 3. The molecular weight excluding hydrogens is 263 g/mol. The highest BCUT2D eigenvalue weighted by molar-refractivity contribution is 5.74. The van der Waals surface area contributed by atoms with Crippen molar-refractivity contribution < 1.29 is 27.8 Å². The maximum atomic E-state index is 12.6. The molecule has 0 aliphatic heterocycles. The third-order valence-corrected chi connectivity index (χ3v) is 3.27. The molecule has 0 amide bonds. The van der Waals surface area contributed by atoms with Gasteiger partial charge in [0.25, 0.3) is 0 Å². The topological polar surface area (TPSA) is 59.4 Å². The second kappa shape index (κ2) is 4.48. The molecule has 0 unspecified atom stereocenters. The smallest absolute Gasteiger partial charge is 0.416 e. The van der Waals surface area contributed by atoms with Crippen molar-refractivity contribution in [3.05, 3.63) is 29.6 Å². The van der Waals surface area contributed by atoms with Crippen LogP contribution in [0.3, 0.4) is 0 Å². The molecule has 1 aromatic rings. The predicted octanol–water partition coefficient (Wildman–Crippen LogP) is 1.87. The summed E-state index contributed by atoms with van der Waals surface area (Å²) in [5, 5.41) is 10.1. The molecule has 0 bridgehead atoms. The Labute approximate surface area is 107 Å². The Hall–Kier alpha value is -1.63. The maximum Gasteiger partial charge on any atom is 0.416 e. The second-order valence-corrected chi connectivity index (χ2v) is 4.59. The molecule has 4 nitrogen and oxygen atoms in total. The Balaban J connectivity index is 2.18. The van der Waals surface area contributed by atoms with Gasteiger partial charge in [0, 0.05) is 6.20 Å². The van der Waals surface area contributed by atoms with Crippen molar-refractivity contribution in [3.63, 3.8) is 0 Å². The number of rotatable bonds is 2. The lowest BCUT2D eigenvalue weighted by Crippen LogP contribution is -2.45. The monoisotopic (exact) mass is 275 g/mol. The van der Waals surface area contributed by atoms with E-state index in [1.165, 1.54) is 7.11 Å². The number of methoxy groups -OCH3 is 1. The van der Waals surface area contributed by atoms with Gasteiger partial charge in [0.05, 0.1) is 24.3 Å². The highest BCUT2D eigenvalue weighted by Crippen LogP contribution is 2.46. The van der Waals surface area contributed by atoms with Crippen LogP contribution in [0.15, 0.2) is 18.3 Å². The molecule has 1 aliphatic carbocycles. The van der Waals surface area contributed by atoms with Gasteiger partial charge in [0.2, 0.25) is 0 Å². The number of nitrogens with zero attached hydrogens (tertiary/aromatic N) is 1. The van der Waals surface area contributed by atoms with Crippen LogP contribution in [0.5, 0.6) is 0 Å². The van der Waals surface area contributed by atoms with Gasteiger partial charge in [-0.05, 0) is 25.0 Å². The number of ether oxygens (including phenoxy) is 1. The van der Waals surface area contributed by atoms with Crippen LogP contribution in [0.1, 0.15) is 24.1 Å². The summed E-state index contributed by atoms with van der Waals surface area (Å²) < 4.78 is 42.2. The summed E-state index contributed by atoms with van der Waals surface area (Å²) in [7, 11) is 1.22. The van der Waals surface area contributed by atoms with E-state index < -0.39 is 29.2 Å². The SMILES string of the molecule is COC(=O)C1CC(O)(c2cc(C(F)(F)F)ccn2)C1. The van der Waals surface area contributed by atoms with E-state index in [9.17, 15) is 23.1 Å². The quantitative estimate of drug-likeness (QED) is 0.837. The molecule has 1 aromatic heterocycles. The highest BCUT2D eigenvalue weighted by Gasteiger charge is 2.49. The zero-order valence-electron chi connectivity index (χ0n) is 10.1. The third kappa shape index (κ3) is 2.56. The molecule has 7 heteroatoms. The van der Waals surface area contributed by atoms with Crippen molar-refractivity contribution in [2.75, 3.05) is 7.11 Å². The average molecular weight is 275 g/mol. The summed E-state index contributed by atoms with van der Waals surface area (Å²) in [4.78, 5) is 15.0. The van der Waals surface area contributed by atoms with Gasteiger partial charge in [-0.2, -0.15) is 13.2 Å². The Morgan fingerprint density at radius 1 is 1.53 bits per heavy atom. The number of carbonyl (C=O) groups is 1. The van der Waals surface area contributed by atoms with Crippen LogP contribution in [0.4, 0.5) is 13.2 Å². The van der Waals surface area contributed by atoms with Crippen LogP contribution in [0.25, 0.3) is 0 Å². The summed E-state index contributed by atoms with van der Waals surface area (Å²) in [6.07, 6.45) is -3.44. The van der Waals surface area contributed by atoms with Gasteiger partial charge in [0.15, 0.2) is 0 Å². The van der Waals surface area contributed by atoms with Crippen LogP contribution in [0.2, 0.25) is 0 Å². The summed E-state index contributed by atoms with van der Waals surface area (Å²) in [6.45, 7) is 0. The lowest BCUT2D eigenvalue weighted by atomic mass is 9.69. The fourth-order valence-corrected chi connectivity index (χ4v) is 2.16. The number of pyridine rings is 1. The molecule has 0 radical (unpaired) electrons. The fourth-order valence-electron chi connectivity index (χ4n) is 2.16. The van der Waals surface area contributed by atoms with Crippen molar-refractivity contribution in [1.29, 1.82) is 0 Å². The van der Waals surface area contributed by atoms with E-state index in [4.69, 9.17) is 0 Å². The van der Waals surface area contributed by atoms with Crippen molar-refractivity contribution in [2.45, 2.75) is 24.6 Å². The molecule has 104 valence electrons. The number of aliphatic hydroxyl groups is 1. The van der Waals surface area contributed by atoms with Crippen molar-refractivity contribution in [1.82, 2.24) is 4.98 Å². The molecule has 1 heterocycles. The summed E-state index contributed by atoms with van der Waals surface area (Å²) in [5.41, 5.74) is -2.42. The lowest BCUT2D eigenvalue weighted by Gasteiger charge is -2.41. The Morgan fingerprint density at radius 2 is 2.16 bits per heavy atom. The van der Waals surface area contributed by atoms with Crippen molar-refractivity contribution in [3.8, 4) is 0 Å². The third-order valence-electron chi connectivity index (χ3n) is 3.27. The minimum atomic E-state index is -4.49. The Kier molecular flexibility index (Phi) is 3.25. The molecule has 0 saturated heterocycles. The molecule has 0 aromatic carbocycles. The molecular formula is C12H12F3NO3. The molecule has 19 heavy (non-hydrogen) atoms. The molecule has 1 fully saturated rings. The average Bonchev–Trinajstić information content (AvgIpc) is 2.33. The van der Waals surface area contributed by atoms with E-state index in [0.717, 1.165) is 18.3 Å². The number of hydrogen-bond donors (Lipinski definition) is 1. The number of hydrogen-bond acceptors (Lipinski definition) is 4. The molecule has 1 N–H and O–H groups in total. The minimum absolute atomic E-state index is 0.0218. The van der Waals surface area contributed by atoms with Crippen LogP contribution < -0.4 is 0 Å². The van der Waals surface area contributed by atoms with Crippen LogP contribution in [-0.4, -0.2) is 23.2 Å². The van der Waals surface area contributed by atoms with E-state index in [1.807, 2.05) is 0 Å². The van der Waals surface area contributed by atoms with Crippen molar-refractivity contribution >= 4 is 5.97 Å². The fraction of sp³-hybridized carbons (Fsp3) is 0.500. The van der Waals surface area contributed by atoms with Crippen LogP contribution >= 0.6 is 0 Å². The predicted molar refractivity (Wildman–Crippen MR) is 57.9 cm³/mol. The minimum Gasteiger partial charge on any atom is -0.469 e. The van der Waals surface area contributed by atoms with Gasteiger partial charge < -0.3 is 9.84 Å². The molecule has 0 atom stereocenters. The van der Waals surface area contributed by atoms with E-state index in [2.05, 4.69) is 9.72 Å². The van der Waals surface area contributed by atoms with E-state index >= 15 is 0 Å². The van der Waals surface area contributed by atoms with Crippen LogP contribution in [0, 0.1) is 5.92 Å². The first-order valence-electron chi connectivity index (χ1n) is 5.60. The zero-order chi connectivity index (χ0) is 14.3. The van der Waals surface area contributed by atoms with Gasteiger partial charge >= 0.3 is 12.1 Å². The first kappa shape index (κ1) is 13.8. The van der Waals surface area contributed by atoms with E-state index in [-0.39, 0.29) is 18.5 Å². The lowest BCUT2D eigenvalue weighted by molar-refractivity contribution is -0.163. The van der Waals surface area contributed by atoms with Crippen LogP contribution in [-0.2, 0) is 21.3 Å². The summed E-state index contributed by atoms with van der Waals surface area (Å²) in [5.74, 6) is -0.969. The highest BCUT2D eigenvalue weighted by atomic mass is 19.4. The van der Waals surface area contributed by atoms with Gasteiger partial charge in [-0.1, -0.05) is 0 Å². The standard InChI is InChI=1S/C12H12F3NO3/c1-19-10(17)7-5-11(18,6-7)9-4-8(2-3-16-9)12(13,14)15/h2-4,7,18H,5-6H2,1H3. The maximum absolute atomic E-state index is 12.6. The number of halogens is 3. The van der Waals surface area contributed by atoms with Gasteiger partial charge in [-0.25, -0.2) is 0 Å². The summed E-state index contributed by atoms with van der Waals surface area (Å²) >= 11 is 0. The van der Waals surface area contributed by atoms with E-state index in [1.54, 1.807) is 0 Å². The van der Waals surface area contributed by atoms with E-state index in [0.29, 0.717) is 0 Å². The number of esters is 1. The first-order chi connectivity index (χ1) is 8.76. The van der Waals surface area contributed by atoms with Gasteiger partial charge in [0.1, 0.15) is 5.60 Å². The number of aromatic nitrogens is 1. The first-order valence-corrected chi connectivity index (χ1v) is 5.60. The molecule has 0 spiro atoms.